The van der Waals surface area contributed by atoms with Crippen molar-refractivity contribution in [2.45, 2.75) is 0 Å². The van der Waals surface area contributed by atoms with Crippen molar-refractivity contribution in [1.82, 2.24) is 4.90 Å². The van der Waals surface area contributed by atoms with Crippen LogP contribution >= 0.6 is 11.8 Å². The van der Waals surface area contributed by atoms with Crippen LogP contribution in [0.1, 0.15) is 10.4 Å². The van der Waals surface area contributed by atoms with Gasteiger partial charge in [0, 0.05) is 42.4 Å². The summed E-state index contributed by atoms with van der Waals surface area (Å²) in [6.45, 7) is 6.08. The standard InChI is InChI=1S/C14H18N2OS/c1-2-6-15-13-5-3-4-12(11-13)14(17)16-7-9-18-10-8-16/h2-5,11,15H,1,6-10H2. The quantitative estimate of drug-likeness (QED) is 0.846. The van der Waals surface area contributed by atoms with Crippen molar-refractivity contribution in [2.75, 3.05) is 36.5 Å². The summed E-state index contributed by atoms with van der Waals surface area (Å²) in [6, 6.07) is 7.67. The Balaban J connectivity index is 2.06. The first-order valence-electron chi connectivity index (χ1n) is 6.13. The van der Waals surface area contributed by atoms with Gasteiger partial charge < -0.3 is 10.2 Å². The summed E-state index contributed by atoms with van der Waals surface area (Å²) in [7, 11) is 0. The maximum atomic E-state index is 12.3. The van der Waals surface area contributed by atoms with Crippen molar-refractivity contribution in [2.24, 2.45) is 0 Å². The van der Waals surface area contributed by atoms with E-state index in [0.717, 1.165) is 35.8 Å². The first-order chi connectivity index (χ1) is 8.81. The Morgan fingerprint density at radius 3 is 2.94 bits per heavy atom. The first kappa shape index (κ1) is 13.0. The monoisotopic (exact) mass is 262 g/mol. The van der Waals surface area contributed by atoms with Crippen LogP contribution in [0, 0.1) is 0 Å². The SMILES string of the molecule is C=CCNc1cccc(C(=O)N2CCSCC2)c1. The van der Waals surface area contributed by atoms with Crippen LogP contribution in [0.2, 0.25) is 0 Å². The van der Waals surface area contributed by atoms with Crippen molar-refractivity contribution >= 4 is 23.4 Å². The Hall–Kier alpha value is -1.42. The molecule has 1 aromatic carbocycles. The number of amides is 1. The predicted octanol–water partition coefficient (Wildman–Crippen LogP) is 2.47. The Morgan fingerprint density at radius 1 is 1.44 bits per heavy atom. The lowest BCUT2D eigenvalue weighted by molar-refractivity contribution is 0.0772. The van der Waals surface area contributed by atoms with Crippen LogP contribution in [0.25, 0.3) is 0 Å². The van der Waals surface area contributed by atoms with E-state index in [1.807, 2.05) is 40.9 Å². The van der Waals surface area contributed by atoms with Crippen molar-refractivity contribution in [3.8, 4) is 0 Å². The average molecular weight is 262 g/mol. The summed E-state index contributed by atoms with van der Waals surface area (Å²) in [5.41, 5.74) is 1.73. The molecule has 18 heavy (non-hydrogen) atoms. The molecule has 96 valence electrons. The van der Waals surface area contributed by atoms with Crippen molar-refractivity contribution < 1.29 is 4.79 Å². The third kappa shape index (κ3) is 3.29. The second-order valence-electron chi connectivity index (χ2n) is 4.15. The van der Waals surface area contributed by atoms with E-state index in [-0.39, 0.29) is 5.91 Å². The zero-order valence-corrected chi connectivity index (χ0v) is 11.2. The number of hydrogen-bond donors (Lipinski definition) is 1. The molecule has 1 amide bonds. The number of anilines is 1. The fourth-order valence-corrected chi connectivity index (χ4v) is 2.80. The zero-order valence-electron chi connectivity index (χ0n) is 10.4. The number of carbonyl (C=O) groups excluding carboxylic acids is 1. The zero-order chi connectivity index (χ0) is 12.8. The molecule has 1 N–H and O–H groups in total. The number of carbonyl (C=O) groups is 1. The summed E-state index contributed by atoms with van der Waals surface area (Å²) in [5.74, 6) is 2.22. The van der Waals surface area contributed by atoms with Crippen LogP contribution in [-0.2, 0) is 0 Å². The Kier molecular flexibility index (Phi) is 4.70. The van der Waals surface area contributed by atoms with Crippen LogP contribution in [-0.4, -0.2) is 41.9 Å². The van der Waals surface area contributed by atoms with E-state index in [1.54, 1.807) is 6.08 Å². The molecule has 1 fully saturated rings. The maximum Gasteiger partial charge on any atom is 0.253 e. The lowest BCUT2D eigenvalue weighted by Crippen LogP contribution is -2.37. The van der Waals surface area contributed by atoms with Gasteiger partial charge >= 0.3 is 0 Å². The van der Waals surface area contributed by atoms with E-state index in [9.17, 15) is 4.79 Å². The molecule has 3 nitrogen and oxygen atoms in total. The van der Waals surface area contributed by atoms with Gasteiger partial charge in [-0.2, -0.15) is 11.8 Å². The highest BCUT2D eigenvalue weighted by atomic mass is 32.2. The summed E-state index contributed by atoms with van der Waals surface area (Å²) in [6.07, 6.45) is 1.80. The molecule has 0 saturated carbocycles. The molecule has 1 heterocycles. The molecule has 0 radical (unpaired) electrons. The highest BCUT2D eigenvalue weighted by molar-refractivity contribution is 7.99. The van der Waals surface area contributed by atoms with Gasteiger partial charge in [-0.05, 0) is 18.2 Å². The molecule has 0 bridgehead atoms. The predicted molar refractivity (Wildman–Crippen MR) is 78.4 cm³/mol. The second-order valence-corrected chi connectivity index (χ2v) is 5.38. The molecule has 0 spiro atoms. The fraction of sp³-hybridized carbons (Fsp3) is 0.357. The summed E-state index contributed by atoms with van der Waals surface area (Å²) in [5, 5.41) is 3.20. The normalized spacial score (nSPS) is 15.2. The van der Waals surface area contributed by atoms with Gasteiger partial charge in [0.15, 0.2) is 0 Å². The summed E-state index contributed by atoms with van der Waals surface area (Å²) >= 11 is 1.91. The van der Waals surface area contributed by atoms with E-state index >= 15 is 0 Å². The van der Waals surface area contributed by atoms with E-state index < -0.39 is 0 Å². The lowest BCUT2D eigenvalue weighted by Gasteiger charge is -2.26. The van der Waals surface area contributed by atoms with Crippen molar-refractivity contribution in [3.63, 3.8) is 0 Å². The van der Waals surface area contributed by atoms with Crippen LogP contribution < -0.4 is 5.32 Å². The molecule has 0 unspecified atom stereocenters. The number of hydrogen-bond acceptors (Lipinski definition) is 3. The molecular formula is C14H18N2OS. The molecule has 0 aliphatic carbocycles. The molecular weight excluding hydrogens is 244 g/mol. The second kappa shape index (κ2) is 6.50. The fourth-order valence-electron chi connectivity index (χ4n) is 1.90. The van der Waals surface area contributed by atoms with Crippen LogP contribution in [0.15, 0.2) is 36.9 Å². The molecule has 0 aromatic heterocycles. The van der Waals surface area contributed by atoms with Gasteiger partial charge in [-0.1, -0.05) is 12.1 Å². The van der Waals surface area contributed by atoms with Gasteiger partial charge in [-0.25, -0.2) is 0 Å². The van der Waals surface area contributed by atoms with Crippen molar-refractivity contribution in [1.29, 1.82) is 0 Å². The molecule has 0 atom stereocenters. The van der Waals surface area contributed by atoms with Crippen molar-refractivity contribution in [3.05, 3.63) is 42.5 Å². The molecule has 4 heteroatoms. The molecule has 1 aliphatic heterocycles. The van der Waals surface area contributed by atoms with E-state index in [0.29, 0.717) is 6.54 Å². The Labute approximate surface area is 112 Å². The topological polar surface area (TPSA) is 32.3 Å². The maximum absolute atomic E-state index is 12.3. The molecule has 1 saturated heterocycles. The first-order valence-corrected chi connectivity index (χ1v) is 7.28. The summed E-state index contributed by atoms with van der Waals surface area (Å²) < 4.78 is 0. The number of benzene rings is 1. The van der Waals surface area contributed by atoms with Crippen LogP contribution in [0.5, 0.6) is 0 Å². The van der Waals surface area contributed by atoms with E-state index in [4.69, 9.17) is 0 Å². The molecule has 2 rings (SSSR count). The molecule has 1 aliphatic rings. The Morgan fingerprint density at radius 2 is 2.22 bits per heavy atom. The smallest absolute Gasteiger partial charge is 0.253 e. The largest absolute Gasteiger partial charge is 0.382 e. The molecule has 1 aromatic rings. The summed E-state index contributed by atoms with van der Waals surface area (Å²) in [4.78, 5) is 14.2. The highest BCUT2D eigenvalue weighted by Crippen LogP contribution is 2.16. The minimum absolute atomic E-state index is 0.137. The minimum atomic E-state index is 0.137. The third-order valence-electron chi connectivity index (χ3n) is 2.86. The average Bonchev–Trinajstić information content (AvgIpc) is 2.45. The number of nitrogens with one attached hydrogen (secondary N) is 1. The van der Waals surface area contributed by atoms with Gasteiger partial charge in [0.2, 0.25) is 0 Å². The number of rotatable bonds is 4. The van der Waals surface area contributed by atoms with Gasteiger partial charge in [-0.15, -0.1) is 6.58 Å². The number of nitrogens with zero attached hydrogens (tertiary/aromatic N) is 1. The number of thioether (sulfide) groups is 1. The highest BCUT2D eigenvalue weighted by Gasteiger charge is 2.18. The van der Waals surface area contributed by atoms with Crippen LogP contribution in [0.4, 0.5) is 5.69 Å². The lowest BCUT2D eigenvalue weighted by atomic mass is 10.1. The van der Waals surface area contributed by atoms with Gasteiger partial charge in [0.05, 0.1) is 0 Å². The minimum Gasteiger partial charge on any atom is -0.382 e. The van der Waals surface area contributed by atoms with Gasteiger partial charge in [-0.3, -0.25) is 4.79 Å². The van der Waals surface area contributed by atoms with Gasteiger partial charge in [0.1, 0.15) is 0 Å². The van der Waals surface area contributed by atoms with E-state index in [2.05, 4.69) is 11.9 Å². The third-order valence-corrected chi connectivity index (χ3v) is 3.80. The van der Waals surface area contributed by atoms with Crippen LogP contribution in [0.3, 0.4) is 0 Å². The van der Waals surface area contributed by atoms with E-state index in [1.165, 1.54) is 0 Å². The Bertz CT molecular complexity index is 428. The van der Waals surface area contributed by atoms with Gasteiger partial charge in [0.25, 0.3) is 5.91 Å².